The minimum Gasteiger partial charge on any atom is -0.378 e. The molecule has 0 radical (unpaired) electrons. The normalized spacial score (nSPS) is 19.6. The molecule has 3 aromatic heterocycles. The van der Waals surface area contributed by atoms with Crippen molar-refractivity contribution in [2.24, 2.45) is 0 Å². The number of hydrogen-bond acceptors (Lipinski definition) is 8. The lowest BCUT2D eigenvalue weighted by molar-refractivity contribution is 0.122. The maximum atomic E-state index is 12.5. The van der Waals surface area contributed by atoms with Crippen molar-refractivity contribution in [3.05, 3.63) is 53.1 Å². The summed E-state index contributed by atoms with van der Waals surface area (Å²) in [6.07, 6.45) is 5.68. The maximum absolute atomic E-state index is 12.5. The van der Waals surface area contributed by atoms with E-state index in [9.17, 15) is 4.79 Å². The van der Waals surface area contributed by atoms with Crippen LogP contribution in [0.2, 0.25) is 0 Å². The fourth-order valence-electron chi connectivity index (χ4n) is 4.32. The fraction of sp³-hybridized carbons (Fsp3) is 0.455. The number of nitrogens with zero attached hydrogens (tertiary/aromatic N) is 7. The predicted octanol–water partition coefficient (Wildman–Crippen LogP) is 1.43. The Hall–Kier alpha value is -3.20. The van der Waals surface area contributed by atoms with Crippen LogP contribution in [0.4, 0.5) is 17.6 Å². The first-order chi connectivity index (χ1) is 15.2. The minimum atomic E-state index is -0.0537. The average Bonchev–Trinajstić information content (AvgIpc) is 2.84. The zero-order valence-electron chi connectivity index (χ0n) is 17.7. The molecule has 0 bridgehead atoms. The van der Waals surface area contributed by atoms with E-state index in [0.29, 0.717) is 18.9 Å². The summed E-state index contributed by atoms with van der Waals surface area (Å²) < 4.78 is 7.01. The lowest BCUT2D eigenvalue weighted by Crippen LogP contribution is -2.47. The molecule has 1 unspecified atom stereocenters. The van der Waals surface area contributed by atoms with E-state index in [1.807, 2.05) is 30.5 Å². The van der Waals surface area contributed by atoms with Crippen LogP contribution in [0.3, 0.4) is 0 Å². The van der Waals surface area contributed by atoms with Crippen LogP contribution in [-0.4, -0.2) is 71.8 Å². The number of pyridine rings is 1. The van der Waals surface area contributed by atoms with Gasteiger partial charge in [0.15, 0.2) is 0 Å². The first-order valence-electron chi connectivity index (χ1n) is 10.8. The van der Waals surface area contributed by atoms with Gasteiger partial charge in [0.25, 0.3) is 5.56 Å². The van der Waals surface area contributed by atoms with Crippen LogP contribution >= 0.6 is 0 Å². The smallest absolute Gasteiger partial charge is 0.259 e. The minimum absolute atomic E-state index is 0.0537. The van der Waals surface area contributed by atoms with Gasteiger partial charge in [0.2, 0.25) is 5.95 Å². The number of piperidine rings is 1. The van der Waals surface area contributed by atoms with E-state index in [0.717, 1.165) is 56.6 Å². The Balaban J connectivity index is 1.35. The van der Waals surface area contributed by atoms with Gasteiger partial charge in [-0.05, 0) is 31.0 Å². The van der Waals surface area contributed by atoms with Crippen LogP contribution in [0.1, 0.15) is 12.8 Å². The van der Waals surface area contributed by atoms with Gasteiger partial charge in [0, 0.05) is 57.7 Å². The van der Waals surface area contributed by atoms with Gasteiger partial charge in [0.1, 0.15) is 17.3 Å². The van der Waals surface area contributed by atoms with E-state index in [4.69, 9.17) is 14.7 Å². The monoisotopic (exact) mass is 421 g/mol. The number of anilines is 3. The average molecular weight is 422 g/mol. The van der Waals surface area contributed by atoms with Crippen molar-refractivity contribution in [3.63, 3.8) is 0 Å². The Labute approximate surface area is 180 Å². The van der Waals surface area contributed by atoms with E-state index in [2.05, 4.69) is 26.7 Å². The molecular formula is C22H27N7O2. The van der Waals surface area contributed by atoms with Crippen LogP contribution in [0.15, 0.2) is 47.5 Å². The molecule has 0 aromatic carbocycles. The Morgan fingerprint density at radius 2 is 1.97 bits per heavy atom. The van der Waals surface area contributed by atoms with Crippen LogP contribution in [0.25, 0.3) is 5.65 Å². The summed E-state index contributed by atoms with van der Waals surface area (Å²) >= 11 is 0. The molecule has 9 heteroatoms. The highest BCUT2D eigenvalue weighted by Gasteiger charge is 2.26. The highest BCUT2D eigenvalue weighted by Crippen LogP contribution is 2.24. The summed E-state index contributed by atoms with van der Waals surface area (Å²) in [6.45, 7) is 4.73. The van der Waals surface area contributed by atoms with Crippen molar-refractivity contribution < 1.29 is 4.74 Å². The third-order valence-corrected chi connectivity index (χ3v) is 6.11. The Morgan fingerprint density at radius 3 is 2.84 bits per heavy atom. The first kappa shape index (κ1) is 19.7. The van der Waals surface area contributed by atoms with Crippen molar-refractivity contribution in [2.45, 2.75) is 18.9 Å². The number of fused-ring (bicyclic) bond motifs is 1. The molecule has 5 heterocycles. The lowest BCUT2D eigenvalue weighted by atomic mass is 10.0. The van der Waals surface area contributed by atoms with Gasteiger partial charge in [-0.15, -0.1) is 0 Å². The zero-order chi connectivity index (χ0) is 21.2. The summed E-state index contributed by atoms with van der Waals surface area (Å²) in [4.78, 5) is 33.1. The Kier molecular flexibility index (Phi) is 5.42. The summed E-state index contributed by atoms with van der Waals surface area (Å²) in [5.74, 6) is 2.41. The number of hydrogen-bond donors (Lipinski definition) is 0. The molecule has 0 N–H and O–H groups in total. The molecule has 0 amide bonds. The number of morpholine rings is 1. The molecule has 2 fully saturated rings. The van der Waals surface area contributed by atoms with Crippen LogP contribution in [0, 0.1) is 0 Å². The summed E-state index contributed by atoms with van der Waals surface area (Å²) in [5, 5.41) is 0. The van der Waals surface area contributed by atoms with Crippen LogP contribution in [0.5, 0.6) is 0 Å². The summed E-state index contributed by atoms with van der Waals surface area (Å²) in [6, 6.07) is 9.48. The first-order valence-corrected chi connectivity index (χ1v) is 10.8. The van der Waals surface area contributed by atoms with Gasteiger partial charge >= 0.3 is 0 Å². The molecular weight excluding hydrogens is 394 g/mol. The second kappa shape index (κ2) is 8.50. The molecule has 0 spiro atoms. The third kappa shape index (κ3) is 4.05. The maximum Gasteiger partial charge on any atom is 0.259 e. The van der Waals surface area contributed by atoms with Crippen LogP contribution < -0.4 is 20.3 Å². The molecule has 1 atom stereocenters. The second-order valence-corrected chi connectivity index (χ2v) is 8.05. The van der Waals surface area contributed by atoms with Crippen molar-refractivity contribution in [3.8, 4) is 0 Å². The highest BCUT2D eigenvalue weighted by atomic mass is 16.5. The van der Waals surface area contributed by atoms with Gasteiger partial charge in [0.05, 0.1) is 13.2 Å². The predicted molar refractivity (Wildman–Crippen MR) is 120 cm³/mol. The molecule has 162 valence electrons. The molecule has 9 nitrogen and oxygen atoms in total. The SMILES string of the molecule is CN(c1ccnc(N2CCOCC2)n1)C1CCCN(c2cc(=O)n3ccccc3n2)C1. The third-order valence-electron chi connectivity index (χ3n) is 6.11. The van der Waals surface area contributed by atoms with E-state index < -0.39 is 0 Å². The molecule has 0 saturated carbocycles. The van der Waals surface area contributed by atoms with Gasteiger partial charge in [-0.3, -0.25) is 9.20 Å². The van der Waals surface area contributed by atoms with Gasteiger partial charge in [-0.25, -0.2) is 9.97 Å². The summed E-state index contributed by atoms with van der Waals surface area (Å²) in [5.41, 5.74) is 0.619. The van der Waals surface area contributed by atoms with Crippen molar-refractivity contribution >= 4 is 23.2 Å². The molecule has 2 saturated heterocycles. The van der Waals surface area contributed by atoms with Crippen LogP contribution in [-0.2, 0) is 4.74 Å². The zero-order valence-corrected chi connectivity index (χ0v) is 17.7. The summed E-state index contributed by atoms with van der Waals surface area (Å²) in [7, 11) is 2.09. The van der Waals surface area contributed by atoms with E-state index in [1.165, 1.54) is 0 Å². The van der Waals surface area contributed by atoms with E-state index in [1.54, 1.807) is 16.7 Å². The van der Waals surface area contributed by atoms with Gasteiger partial charge in [-0.2, -0.15) is 4.98 Å². The Morgan fingerprint density at radius 1 is 1.10 bits per heavy atom. The molecule has 31 heavy (non-hydrogen) atoms. The fourth-order valence-corrected chi connectivity index (χ4v) is 4.32. The largest absolute Gasteiger partial charge is 0.378 e. The molecule has 2 aliphatic heterocycles. The molecule has 5 rings (SSSR count). The van der Waals surface area contributed by atoms with Crippen molar-refractivity contribution in [1.82, 2.24) is 19.4 Å². The van der Waals surface area contributed by atoms with Gasteiger partial charge < -0.3 is 19.4 Å². The van der Waals surface area contributed by atoms with E-state index in [-0.39, 0.29) is 11.6 Å². The lowest BCUT2D eigenvalue weighted by Gasteiger charge is -2.39. The Bertz CT molecular complexity index is 1110. The number of likely N-dealkylation sites (N-methyl/N-ethyl adjacent to an activating group) is 1. The molecule has 0 aliphatic carbocycles. The van der Waals surface area contributed by atoms with Gasteiger partial charge in [-0.1, -0.05) is 6.07 Å². The second-order valence-electron chi connectivity index (χ2n) is 8.05. The van der Waals surface area contributed by atoms with E-state index >= 15 is 0 Å². The number of ether oxygens (including phenoxy) is 1. The number of rotatable bonds is 4. The highest BCUT2D eigenvalue weighted by molar-refractivity contribution is 5.50. The standard InChI is InChI=1S/C22H27N7O2/c1-26(18-7-8-23-22(25-18)27-11-13-31-14-12-27)17-5-4-9-28(16-17)20-15-21(30)29-10-3-2-6-19(29)24-20/h2-3,6-8,10,15,17H,4-5,9,11-14,16H2,1H3. The topological polar surface area (TPSA) is 79.1 Å². The molecule has 2 aliphatic rings. The van der Waals surface area contributed by atoms with Crippen molar-refractivity contribution in [1.29, 1.82) is 0 Å². The quantitative estimate of drug-likeness (QED) is 0.626. The van der Waals surface area contributed by atoms with Crippen molar-refractivity contribution in [2.75, 3.05) is 61.1 Å². The number of aromatic nitrogens is 4. The molecule has 3 aromatic rings.